The van der Waals surface area contributed by atoms with E-state index in [2.05, 4.69) is 28.8 Å². The molecule has 29 heavy (non-hydrogen) atoms. The number of fused-ring (bicyclic) bond motifs is 1. The maximum absolute atomic E-state index is 12.6. The van der Waals surface area contributed by atoms with Crippen molar-refractivity contribution in [2.24, 2.45) is 4.99 Å². The Bertz CT molecular complexity index is 935. The van der Waals surface area contributed by atoms with Crippen LogP contribution < -0.4 is 10.6 Å². The second-order valence-electron chi connectivity index (χ2n) is 7.83. The number of aliphatic imine (C=N–C) groups is 1. The molecule has 0 atom stereocenters. The fourth-order valence-corrected chi connectivity index (χ4v) is 5.11. The number of hydrogen-bond acceptors (Lipinski definition) is 4. The minimum atomic E-state index is -0.229. The van der Waals surface area contributed by atoms with Gasteiger partial charge in [0.1, 0.15) is 10.7 Å². The molecule has 2 aromatic rings. The minimum Gasteiger partial charge on any atom is -0.361 e. The fourth-order valence-electron chi connectivity index (χ4n) is 4.02. The van der Waals surface area contributed by atoms with Crippen LogP contribution in [0, 0.1) is 6.92 Å². The summed E-state index contributed by atoms with van der Waals surface area (Å²) in [6.45, 7) is 1.96. The Labute approximate surface area is 181 Å². The third kappa shape index (κ3) is 4.78. The van der Waals surface area contributed by atoms with Crippen LogP contribution in [0.3, 0.4) is 0 Å². The Morgan fingerprint density at radius 3 is 2.72 bits per heavy atom. The third-order valence-corrected chi connectivity index (χ3v) is 6.81. The first-order valence-corrected chi connectivity index (χ1v) is 11.6. The number of rotatable bonds is 3. The lowest BCUT2D eigenvalue weighted by atomic mass is 9.97. The molecule has 1 aliphatic heterocycles. The highest BCUT2D eigenvalue weighted by atomic mass is 35.5. The van der Waals surface area contributed by atoms with Gasteiger partial charge < -0.3 is 10.6 Å². The lowest BCUT2D eigenvalue weighted by Crippen LogP contribution is -2.40. The molecule has 6 heteroatoms. The number of anilines is 2. The molecule has 152 valence electrons. The second-order valence-corrected chi connectivity index (χ2v) is 9.23. The van der Waals surface area contributed by atoms with Gasteiger partial charge in [-0.15, -0.1) is 0 Å². The van der Waals surface area contributed by atoms with Crippen LogP contribution in [0.5, 0.6) is 0 Å². The van der Waals surface area contributed by atoms with Crippen molar-refractivity contribution < 1.29 is 4.79 Å². The zero-order valence-corrected chi connectivity index (χ0v) is 18.2. The van der Waals surface area contributed by atoms with Gasteiger partial charge in [0.15, 0.2) is 0 Å². The van der Waals surface area contributed by atoms with Crippen LogP contribution in [0.25, 0.3) is 0 Å². The molecule has 0 bridgehead atoms. The number of hydrogen-bond donors (Lipinski definition) is 2. The van der Waals surface area contributed by atoms with Crippen molar-refractivity contribution >= 4 is 45.7 Å². The first-order chi connectivity index (χ1) is 14.0. The van der Waals surface area contributed by atoms with E-state index in [1.807, 2.05) is 25.1 Å². The van der Waals surface area contributed by atoms with Crippen molar-refractivity contribution in [3.05, 3.63) is 58.6 Å². The molecule has 1 heterocycles. The van der Waals surface area contributed by atoms with Gasteiger partial charge in [0, 0.05) is 22.0 Å². The molecule has 0 radical (unpaired) electrons. The number of benzene rings is 2. The summed E-state index contributed by atoms with van der Waals surface area (Å²) in [5, 5.41) is 8.26. The number of aryl methyl sites for hydroxylation is 1. The highest BCUT2D eigenvalue weighted by molar-refractivity contribution is 8.15. The summed E-state index contributed by atoms with van der Waals surface area (Å²) in [5.41, 5.74) is 3.73. The molecule has 1 spiro atoms. The number of para-hydroxylation sites is 1. The normalized spacial score (nSPS) is 17.7. The smallest absolute Gasteiger partial charge is 0.234 e. The van der Waals surface area contributed by atoms with Crippen molar-refractivity contribution in [2.75, 3.05) is 16.4 Å². The van der Waals surface area contributed by atoms with E-state index in [9.17, 15) is 4.79 Å². The van der Waals surface area contributed by atoms with Gasteiger partial charge in [-0.05, 0) is 56.4 Å². The van der Waals surface area contributed by atoms with Gasteiger partial charge in [-0.3, -0.25) is 4.79 Å². The van der Waals surface area contributed by atoms with E-state index in [1.165, 1.54) is 37.4 Å². The number of carbonyl (C=O) groups excluding carboxylic acids is 1. The topological polar surface area (TPSA) is 53.5 Å². The summed E-state index contributed by atoms with van der Waals surface area (Å²) < 4.78 is 0. The van der Waals surface area contributed by atoms with Gasteiger partial charge in [0.25, 0.3) is 0 Å². The molecule has 2 aromatic carbocycles. The SMILES string of the molecule is Cc1ccc(Cl)cc1NC(=O)CSC1=NC2(CCCCCC2)Nc2ccccc21. The van der Waals surface area contributed by atoms with E-state index in [1.54, 1.807) is 6.07 Å². The average Bonchev–Trinajstić information content (AvgIpc) is 2.94. The lowest BCUT2D eigenvalue weighted by Gasteiger charge is -2.36. The Morgan fingerprint density at radius 1 is 1.17 bits per heavy atom. The average molecular weight is 428 g/mol. The summed E-state index contributed by atoms with van der Waals surface area (Å²) in [7, 11) is 0. The largest absolute Gasteiger partial charge is 0.361 e. The Kier molecular flexibility index (Phi) is 6.16. The number of amides is 1. The van der Waals surface area contributed by atoms with Crippen molar-refractivity contribution in [2.45, 2.75) is 51.1 Å². The summed E-state index contributed by atoms with van der Waals surface area (Å²) in [6, 6.07) is 13.8. The maximum atomic E-state index is 12.6. The molecular weight excluding hydrogens is 402 g/mol. The summed E-state index contributed by atoms with van der Waals surface area (Å²) >= 11 is 7.59. The highest BCUT2D eigenvalue weighted by Crippen LogP contribution is 2.39. The third-order valence-electron chi connectivity index (χ3n) is 5.58. The standard InChI is InChI=1S/C23H26ClN3OS/c1-16-10-11-17(24)14-20(16)25-21(28)15-29-22-18-8-4-5-9-19(18)26-23(27-22)12-6-2-3-7-13-23/h4-5,8-11,14,26H,2-3,6-7,12-13,15H2,1H3,(H,25,28). The zero-order chi connectivity index (χ0) is 20.3. The van der Waals surface area contributed by atoms with Crippen LogP contribution in [-0.4, -0.2) is 22.4 Å². The molecule has 2 aliphatic rings. The van der Waals surface area contributed by atoms with E-state index >= 15 is 0 Å². The van der Waals surface area contributed by atoms with Crippen LogP contribution in [0.2, 0.25) is 5.02 Å². The Hall–Kier alpha value is -1.98. The van der Waals surface area contributed by atoms with E-state index < -0.39 is 0 Å². The summed E-state index contributed by atoms with van der Waals surface area (Å²) in [4.78, 5) is 17.8. The van der Waals surface area contributed by atoms with Crippen LogP contribution in [0.4, 0.5) is 11.4 Å². The molecule has 4 nitrogen and oxygen atoms in total. The van der Waals surface area contributed by atoms with Crippen LogP contribution in [0.1, 0.15) is 49.7 Å². The number of nitrogens with zero attached hydrogens (tertiary/aromatic N) is 1. The first-order valence-electron chi connectivity index (χ1n) is 10.2. The summed E-state index contributed by atoms with van der Waals surface area (Å²) in [5.74, 6) is 0.267. The van der Waals surface area contributed by atoms with Crippen molar-refractivity contribution in [3.8, 4) is 0 Å². The molecular formula is C23H26ClN3OS. The molecule has 2 N–H and O–H groups in total. The van der Waals surface area contributed by atoms with Gasteiger partial charge in [0.05, 0.1) is 5.75 Å². The Balaban J connectivity index is 1.51. The van der Waals surface area contributed by atoms with Crippen LogP contribution in [-0.2, 0) is 4.79 Å². The van der Waals surface area contributed by atoms with Gasteiger partial charge in [-0.1, -0.05) is 60.5 Å². The second kappa shape index (κ2) is 8.80. The van der Waals surface area contributed by atoms with Gasteiger partial charge in [-0.25, -0.2) is 4.99 Å². The molecule has 1 amide bonds. The molecule has 4 rings (SSSR count). The number of nitrogens with one attached hydrogen (secondary N) is 2. The monoisotopic (exact) mass is 427 g/mol. The van der Waals surface area contributed by atoms with E-state index in [-0.39, 0.29) is 11.6 Å². The van der Waals surface area contributed by atoms with E-state index in [0.29, 0.717) is 10.8 Å². The van der Waals surface area contributed by atoms with Gasteiger partial charge in [-0.2, -0.15) is 0 Å². The van der Waals surface area contributed by atoms with Gasteiger partial charge >= 0.3 is 0 Å². The highest BCUT2D eigenvalue weighted by Gasteiger charge is 2.35. The van der Waals surface area contributed by atoms with Crippen molar-refractivity contribution in [1.29, 1.82) is 0 Å². The predicted octanol–water partition coefficient (Wildman–Crippen LogP) is 6.24. The first kappa shape index (κ1) is 20.3. The molecule has 0 saturated heterocycles. The number of thioether (sulfide) groups is 1. The predicted molar refractivity (Wildman–Crippen MR) is 124 cm³/mol. The van der Waals surface area contributed by atoms with Gasteiger partial charge in [0.2, 0.25) is 5.91 Å². The molecule has 0 aromatic heterocycles. The van der Waals surface area contributed by atoms with Crippen LogP contribution >= 0.6 is 23.4 Å². The van der Waals surface area contributed by atoms with E-state index in [0.717, 1.165) is 40.4 Å². The van der Waals surface area contributed by atoms with Crippen LogP contribution in [0.15, 0.2) is 47.5 Å². The summed E-state index contributed by atoms with van der Waals surface area (Å²) in [6.07, 6.45) is 6.99. The molecule has 1 aliphatic carbocycles. The fraction of sp³-hybridized carbons (Fsp3) is 0.391. The number of halogens is 1. The quantitative estimate of drug-likeness (QED) is 0.609. The molecule has 1 saturated carbocycles. The zero-order valence-electron chi connectivity index (χ0n) is 16.6. The maximum Gasteiger partial charge on any atom is 0.234 e. The molecule has 0 unspecified atom stereocenters. The molecule has 1 fully saturated rings. The lowest BCUT2D eigenvalue weighted by molar-refractivity contribution is -0.113. The Morgan fingerprint density at radius 2 is 1.93 bits per heavy atom. The number of carbonyl (C=O) groups is 1. The minimum absolute atomic E-state index is 0.0472. The van der Waals surface area contributed by atoms with Crippen molar-refractivity contribution in [3.63, 3.8) is 0 Å². The van der Waals surface area contributed by atoms with E-state index in [4.69, 9.17) is 16.6 Å². The van der Waals surface area contributed by atoms with Crippen molar-refractivity contribution in [1.82, 2.24) is 0 Å².